The Morgan fingerprint density at radius 3 is 2.41 bits per heavy atom. The van der Waals surface area contributed by atoms with Gasteiger partial charge in [0.15, 0.2) is 0 Å². The molecule has 1 saturated heterocycles. The van der Waals surface area contributed by atoms with Crippen molar-refractivity contribution in [3.05, 3.63) is 65.7 Å². The molecule has 1 heterocycles. The second-order valence-corrected chi connectivity index (χ2v) is 5.51. The summed E-state index contributed by atoms with van der Waals surface area (Å²) in [6.45, 7) is 3.58. The van der Waals surface area contributed by atoms with Gasteiger partial charge in [-0.25, -0.2) is 0 Å². The third-order valence-electron chi connectivity index (χ3n) is 3.83. The smallest absolute Gasteiger partial charge is 0.316 e. The standard InChI is InChI=1S/C18H18N2O2/c1-14-6-5-7-15(12-14)13-19-10-11-20(18(22)17(19)21)16-8-3-2-4-9-16/h2-9,12H,10-11,13H2,1H3. The third-order valence-corrected chi connectivity index (χ3v) is 3.83. The van der Waals surface area contributed by atoms with E-state index < -0.39 is 11.8 Å². The number of rotatable bonds is 3. The summed E-state index contributed by atoms with van der Waals surface area (Å²) >= 11 is 0. The van der Waals surface area contributed by atoms with Gasteiger partial charge in [0, 0.05) is 25.3 Å². The Morgan fingerprint density at radius 2 is 1.68 bits per heavy atom. The molecule has 0 saturated carbocycles. The summed E-state index contributed by atoms with van der Waals surface area (Å²) in [6.07, 6.45) is 0. The van der Waals surface area contributed by atoms with Crippen molar-refractivity contribution >= 4 is 17.5 Å². The van der Waals surface area contributed by atoms with Crippen LogP contribution in [0.15, 0.2) is 54.6 Å². The lowest BCUT2D eigenvalue weighted by molar-refractivity contribution is -0.146. The van der Waals surface area contributed by atoms with Crippen LogP contribution in [-0.4, -0.2) is 29.8 Å². The zero-order valence-corrected chi connectivity index (χ0v) is 12.5. The molecule has 2 amide bonds. The van der Waals surface area contributed by atoms with Crippen molar-refractivity contribution in [1.29, 1.82) is 0 Å². The van der Waals surface area contributed by atoms with Crippen molar-refractivity contribution < 1.29 is 9.59 Å². The maximum absolute atomic E-state index is 12.3. The number of anilines is 1. The SMILES string of the molecule is Cc1cccc(CN2CCN(c3ccccc3)C(=O)C2=O)c1. The van der Waals surface area contributed by atoms with E-state index in [1.54, 1.807) is 9.80 Å². The molecule has 0 aliphatic carbocycles. The number of nitrogens with zero attached hydrogens (tertiary/aromatic N) is 2. The summed E-state index contributed by atoms with van der Waals surface area (Å²) in [5.41, 5.74) is 2.98. The van der Waals surface area contributed by atoms with E-state index in [4.69, 9.17) is 0 Å². The number of hydrogen-bond acceptors (Lipinski definition) is 2. The minimum atomic E-state index is -0.454. The molecule has 0 aromatic heterocycles. The highest BCUT2D eigenvalue weighted by Crippen LogP contribution is 2.18. The number of carbonyl (C=O) groups is 2. The van der Waals surface area contributed by atoms with Crippen LogP contribution in [0, 0.1) is 6.92 Å². The number of hydrogen-bond donors (Lipinski definition) is 0. The number of para-hydroxylation sites is 1. The highest BCUT2D eigenvalue weighted by molar-refractivity contribution is 6.40. The predicted octanol–water partition coefficient (Wildman–Crippen LogP) is 2.37. The maximum atomic E-state index is 12.3. The Kier molecular flexibility index (Phi) is 3.92. The van der Waals surface area contributed by atoms with Crippen molar-refractivity contribution in [2.24, 2.45) is 0 Å². The van der Waals surface area contributed by atoms with Gasteiger partial charge in [-0.15, -0.1) is 0 Å². The second kappa shape index (κ2) is 6.02. The average molecular weight is 294 g/mol. The maximum Gasteiger partial charge on any atom is 0.316 e. The molecule has 112 valence electrons. The molecule has 2 aromatic carbocycles. The van der Waals surface area contributed by atoms with Gasteiger partial charge in [0.1, 0.15) is 0 Å². The van der Waals surface area contributed by atoms with Gasteiger partial charge in [0.25, 0.3) is 0 Å². The average Bonchev–Trinajstić information content (AvgIpc) is 2.53. The molecule has 22 heavy (non-hydrogen) atoms. The van der Waals surface area contributed by atoms with Crippen LogP contribution in [0.3, 0.4) is 0 Å². The number of aryl methyl sites for hydroxylation is 1. The van der Waals surface area contributed by atoms with Gasteiger partial charge < -0.3 is 9.80 Å². The van der Waals surface area contributed by atoms with E-state index in [-0.39, 0.29) is 0 Å². The molecule has 1 aliphatic rings. The Balaban J connectivity index is 1.74. The van der Waals surface area contributed by atoms with Crippen molar-refractivity contribution in [1.82, 2.24) is 4.90 Å². The van der Waals surface area contributed by atoms with Crippen LogP contribution in [0.25, 0.3) is 0 Å². The molecular formula is C18H18N2O2. The molecular weight excluding hydrogens is 276 g/mol. The minimum Gasteiger partial charge on any atom is -0.328 e. The quantitative estimate of drug-likeness (QED) is 0.815. The topological polar surface area (TPSA) is 40.6 Å². The first-order chi connectivity index (χ1) is 10.6. The molecule has 1 aliphatic heterocycles. The third kappa shape index (κ3) is 2.86. The van der Waals surface area contributed by atoms with Gasteiger partial charge in [-0.2, -0.15) is 0 Å². The fourth-order valence-electron chi connectivity index (χ4n) is 2.71. The Labute approximate surface area is 130 Å². The zero-order chi connectivity index (χ0) is 15.5. The molecule has 0 atom stereocenters. The molecule has 2 aromatic rings. The van der Waals surface area contributed by atoms with E-state index in [0.29, 0.717) is 19.6 Å². The van der Waals surface area contributed by atoms with Gasteiger partial charge in [-0.1, -0.05) is 48.0 Å². The summed E-state index contributed by atoms with van der Waals surface area (Å²) in [7, 11) is 0. The van der Waals surface area contributed by atoms with Crippen LogP contribution < -0.4 is 4.90 Å². The molecule has 4 nitrogen and oxygen atoms in total. The van der Waals surface area contributed by atoms with Crippen molar-refractivity contribution in [2.75, 3.05) is 18.0 Å². The Morgan fingerprint density at radius 1 is 0.909 bits per heavy atom. The predicted molar refractivity (Wildman–Crippen MR) is 85.4 cm³/mol. The molecule has 0 radical (unpaired) electrons. The molecule has 1 fully saturated rings. The van der Waals surface area contributed by atoms with Gasteiger partial charge >= 0.3 is 11.8 Å². The fourth-order valence-corrected chi connectivity index (χ4v) is 2.71. The Bertz CT molecular complexity index is 697. The summed E-state index contributed by atoms with van der Waals surface area (Å²) in [5.74, 6) is -0.887. The molecule has 0 N–H and O–H groups in total. The second-order valence-electron chi connectivity index (χ2n) is 5.51. The molecule has 3 rings (SSSR count). The van der Waals surface area contributed by atoms with Crippen molar-refractivity contribution in [3.63, 3.8) is 0 Å². The fraction of sp³-hybridized carbons (Fsp3) is 0.222. The van der Waals surface area contributed by atoms with Gasteiger partial charge in [0.2, 0.25) is 0 Å². The van der Waals surface area contributed by atoms with E-state index in [1.807, 2.05) is 61.5 Å². The van der Waals surface area contributed by atoms with Crippen LogP contribution in [0.5, 0.6) is 0 Å². The van der Waals surface area contributed by atoms with E-state index in [2.05, 4.69) is 0 Å². The lowest BCUT2D eigenvalue weighted by Crippen LogP contribution is -2.54. The molecule has 4 heteroatoms. The van der Waals surface area contributed by atoms with E-state index in [0.717, 1.165) is 16.8 Å². The van der Waals surface area contributed by atoms with E-state index in [9.17, 15) is 9.59 Å². The monoisotopic (exact) mass is 294 g/mol. The number of carbonyl (C=O) groups excluding carboxylic acids is 2. The van der Waals surface area contributed by atoms with Crippen LogP contribution in [0.2, 0.25) is 0 Å². The molecule has 0 spiro atoms. The zero-order valence-electron chi connectivity index (χ0n) is 12.5. The summed E-state index contributed by atoms with van der Waals surface area (Å²) in [5, 5.41) is 0. The largest absolute Gasteiger partial charge is 0.328 e. The van der Waals surface area contributed by atoms with E-state index >= 15 is 0 Å². The minimum absolute atomic E-state index is 0.434. The normalized spacial score (nSPS) is 15.3. The summed E-state index contributed by atoms with van der Waals surface area (Å²) in [4.78, 5) is 27.8. The Hall–Kier alpha value is -2.62. The highest BCUT2D eigenvalue weighted by Gasteiger charge is 2.33. The van der Waals surface area contributed by atoms with Crippen LogP contribution >= 0.6 is 0 Å². The van der Waals surface area contributed by atoms with Gasteiger partial charge in [-0.05, 0) is 24.6 Å². The number of piperazine rings is 1. The van der Waals surface area contributed by atoms with Crippen molar-refractivity contribution in [3.8, 4) is 0 Å². The number of benzene rings is 2. The lowest BCUT2D eigenvalue weighted by Gasteiger charge is -2.33. The summed E-state index contributed by atoms with van der Waals surface area (Å²) in [6, 6.07) is 17.3. The summed E-state index contributed by atoms with van der Waals surface area (Å²) < 4.78 is 0. The van der Waals surface area contributed by atoms with Crippen LogP contribution in [0.4, 0.5) is 5.69 Å². The van der Waals surface area contributed by atoms with E-state index in [1.165, 1.54) is 0 Å². The number of amides is 2. The first-order valence-corrected chi connectivity index (χ1v) is 7.36. The van der Waals surface area contributed by atoms with Crippen LogP contribution in [-0.2, 0) is 16.1 Å². The molecule has 0 unspecified atom stereocenters. The van der Waals surface area contributed by atoms with Gasteiger partial charge in [0.05, 0.1) is 0 Å². The first kappa shape index (κ1) is 14.3. The van der Waals surface area contributed by atoms with Crippen molar-refractivity contribution in [2.45, 2.75) is 13.5 Å². The van der Waals surface area contributed by atoms with Crippen LogP contribution in [0.1, 0.15) is 11.1 Å². The highest BCUT2D eigenvalue weighted by atomic mass is 16.2. The molecule has 0 bridgehead atoms. The lowest BCUT2D eigenvalue weighted by atomic mass is 10.1. The van der Waals surface area contributed by atoms with Gasteiger partial charge in [-0.3, -0.25) is 9.59 Å². The first-order valence-electron chi connectivity index (χ1n) is 7.36.